The Bertz CT molecular complexity index is 1210. The largest absolute Gasteiger partial charge is 0.507 e. The average molecular weight is 369 g/mol. The van der Waals surface area contributed by atoms with Crippen molar-refractivity contribution in [3.63, 3.8) is 0 Å². The highest BCUT2D eigenvalue weighted by Crippen LogP contribution is 2.39. The monoisotopic (exact) mass is 369 g/mol. The lowest BCUT2D eigenvalue weighted by molar-refractivity contribution is 0.477. The van der Waals surface area contributed by atoms with Crippen LogP contribution in [0.3, 0.4) is 0 Å². The summed E-state index contributed by atoms with van der Waals surface area (Å²) in [5.41, 5.74) is 4.24. The van der Waals surface area contributed by atoms with Crippen molar-refractivity contribution in [1.29, 1.82) is 0 Å². The van der Waals surface area contributed by atoms with Crippen LogP contribution in [0.4, 0.5) is 0 Å². The van der Waals surface area contributed by atoms with Gasteiger partial charge in [-0.1, -0.05) is 42.5 Å². The zero-order chi connectivity index (χ0) is 18.2. The van der Waals surface area contributed by atoms with Gasteiger partial charge in [-0.15, -0.1) is 11.3 Å². The normalized spacial score (nSPS) is 11.1. The van der Waals surface area contributed by atoms with Gasteiger partial charge in [0, 0.05) is 11.8 Å². The van der Waals surface area contributed by atoms with Gasteiger partial charge in [-0.25, -0.2) is 9.67 Å². The molecule has 1 N–H and O–H groups in total. The Hall–Kier alpha value is -3.44. The summed E-state index contributed by atoms with van der Waals surface area (Å²) in [6, 6.07) is 25.3. The standard InChI is InChI=1S/C22H15N3OS/c26-19-12-6-4-10-16(19)21-17(14-25(24-21)15-8-2-1-3-9-15)22-23-18-11-5-7-13-20(18)27-22/h1-14,26H. The zero-order valence-electron chi connectivity index (χ0n) is 14.3. The number of phenolic OH excluding ortho intramolecular Hbond substituents is 1. The van der Waals surface area contributed by atoms with Gasteiger partial charge in [0.1, 0.15) is 16.5 Å². The molecule has 0 spiro atoms. The molecule has 130 valence electrons. The number of aromatic nitrogens is 3. The van der Waals surface area contributed by atoms with Crippen molar-refractivity contribution in [3.8, 4) is 33.3 Å². The minimum Gasteiger partial charge on any atom is -0.507 e. The summed E-state index contributed by atoms with van der Waals surface area (Å²) in [6.45, 7) is 0. The first-order valence-electron chi connectivity index (χ1n) is 8.59. The van der Waals surface area contributed by atoms with Crippen molar-refractivity contribution in [3.05, 3.63) is 85.1 Å². The van der Waals surface area contributed by atoms with E-state index < -0.39 is 0 Å². The molecule has 0 atom stereocenters. The maximum atomic E-state index is 10.4. The predicted octanol–water partition coefficient (Wildman–Crippen LogP) is 5.52. The van der Waals surface area contributed by atoms with Crippen LogP contribution in [0.5, 0.6) is 5.75 Å². The molecule has 3 aromatic carbocycles. The van der Waals surface area contributed by atoms with Crippen LogP contribution in [0.25, 0.3) is 37.7 Å². The van der Waals surface area contributed by atoms with Gasteiger partial charge in [-0.3, -0.25) is 0 Å². The van der Waals surface area contributed by atoms with E-state index in [-0.39, 0.29) is 5.75 Å². The predicted molar refractivity (Wildman–Crippen MR) is 109 cm³/mol. The van der Waals surface area contributed by atoms with E-state index in [0.717, 1.165) is 32.2 Å². The van der Waals surface area contributed by atoms with Crippen LogP contribution in [0, 0.1) is 0 Å². The third kappa shape index (κ3) is 2.78. The van der Waals surface area contributed by atoms with E-state index in [1.54, 1.807) is 17.4 Å². The molecule has 0 saturated carbocycles. The Balaban J connectivity index is 1.75. The molecule has 2 heterocycles. The quantitative estimate of drug-likeness (QED) is 0.455. The fourth-order valence-corrected chi connectivity index (χ4v) is 4.08. The molecule has 0 unspecified atom stereocenters. The van der Waals surface area contributed by atoms with Crippen molar-refractivity contribution in [2.75, 3.05) is 0 Å². The number of hydrogen-bond acceptors (Lipinski definition) is 4. The number of hydrogen-bond donors (Lipinski definition) is 1. The number of benzene rings is 3. The smallest absolute Gasteiger partial charge is 0.128 e. The van der Waals surface area contributed by atoms with Crippen molar-refractivity contribution in [2.24, 2.45) is 0 Å². The zero-order valence-corrected chi connectivity index (χ0v) is 15.1. The Morgan fingerprint density at radius 3 is 2.33 bits per heavy atom. The first kappa shape index (κ1) is 15.8. The molecule has 0 bridgehead atoms. The number of phenols is 1. The summed E-state index contributed by atoms with van der Waals surface area (Å²) in [5, 5.41) is 16.1. The van der Waals surface area contributed by atoms with Gasteiger partial charge < -0.3 is 5.11 Å². The molecule has 0 radical (unpaired) electrons. The molecule has 0 amide bonds. The minimum absolute atomic E-state index is 0.207. The topological polar surface area (TPSA) is 50.9 Å². The van der Waals surface area contributed by atoms with Crippen LogP contribution < -0.4 is 0 Å². The van der Waals surface area contributed by atoms with Crippen LogP contribution >= 0.6 is 11.3 Å². The van der Waals surface area contributed by atoms with Gasteiger partial charge in [-0.2, -0.15) is 5.10 Å². The Morgan fingerprint density at radius 1 is 0.778 bits per heavy atom. The molecular weight excluding hydrogens is 354 g/mol. The van der Waals surface area contributed by atoms with Crippen LogP contribution in [0.15, 0.2) is 85.1 Å². The number of fused-ring (bicyclic) bond motifs is 1. The van der Waals surface area contributed by atoms with E-state index >= 15 is 0 Å². The molecule has 0 fully saturated rings. The number of thiazole rings is 1. The lowest BCUT2D eigenvalue weighted by Gasteiger charge is -2.03. The van der Waals surface area contributed by atoms with Gasteiger partial charge in [0.25, 0.3) is 0 Å². The van der Waals surface area contributed by atoms with Gasteiger partial charge in [-0.05, 0) is 36.4 Å². The van der Waals surface area contributed by atoms with E-state index in [9.17, 15) is 5.11 Å². The third-order valence-electron chi connectivity index (χ3n) is 4.42. The van der Waals surface area contributed by atoms with E-state index in [2.05, 4.69) is 6.07 Å². The first-order chi connectivity index (χ1) is 13.3. The van der Waals surface area contributed by atoms with Crippen molar-refractivity contribution >= 4 is 21.6 Å². The second-order valence-corrected chi connectivity index (χ2v) is 7.21. The Morgan fingerprint density at radius 2 is 1.52 bits per heavy atom. The van der Waals surface area contributed by atoms with Crippen LogP contribution in [0.1, 0.15) is 0 Å². The van der Waals surface area contributed by atoms with Gasteiger partial charge >= 0.3 is 0 Å². The van der Waals surface area contributed by atoms with Gasteiger partial charge in [0.15, 0.2) is 0 Å². The lowest BCUT2D eigenvalue weighted by atomic mass is 10.1. The summed E-state index contributed by atoms with van der Waals surface area (Å²) in [6.07, 6.45) is 1.98. The number of rotatable bonds is 3. The number of para-hydroxylation sites is 3. The highest BCUT2D eigenvalue weighted by molar-refractivity contribution is 7.21. The second kappa shape index (κ2) is 6.37. The van der Waals surface area contributed by atoms with Crippen molar-refractivity contribution in [2.45, 2.75) is 0 Å². The SMILES string of the molecule is Oc1ccccc1-c1nn(-c2ccccc2)cc1-c1nc2ccccc2s1. The van der Waals surface area contributed by atoms with Gasteiger partial charge in [0.2, 0.25) is 0 Å². The molecule has 2 aromatic heterocycles. The molecule has 5 aromatic rings. The molecular formula is C22H15N3OS. The minimum atomic E-state index is 0.207. The number of nitrogens with zero attached hydrogens (tertiary/aromatic N) is 3. The van der Waals surface area contributed by atoms with Crippen LogP contribution in [-0.2, 0) is 0 Å². The summed E-state index contributed by atoms with van der Waals surface area (Å²) in [7, 11) is 0. The molecule has 0 aliphatic heterocycles. The van der Waals surface area contributed by atoms with Crippen molar-refractivity contribution in [1.82, 2.24) is 14.8 Å². The molecule has 5 heteroatoms. The fraction of sp³-hybridized carbons (Fsp3) is 0. The molecule has 0 saturated heterocycles. The van der Waals surface area contributed by atoms with Gasteiger partial charge in [0.05, 0.1) is 21.5 Å². The maximum absolute atomic E-state index is 10.4. The average Bonchev–Trinajstić information content (AvgIpc) is 3.33. The Labute approximate surface area is 160 Å². The third-order valence-corrected chi connectivity index (χ3v) is 5.49. The Kier molecular flexibility index (Phi) is 3.73. The van der Waals surface area contributed by atoms with Crippen LogP contribution in [0.2, 0.25) is 0 Å². The molecule has 5 rings (SSSR count). The molecule has 0 aliphatic rings. The summed E-state index contributed by atoms with van der Waals surface area (Å²) in [5.74, 6) is 0.207. The second-order valence-electron chi connectivity index (χ2n) is 6.18. The summed E-state index contributed by atoms with van der Waals surface area (Å²) in [4.78, 5) is 4.79. The lowest BCUT2D eigenvalue weighted by Crippen LogP contribution is -1.94. The molecule has 0 aliphatic carbocycles. The van der Waals surface area contributed by atoms with E-state index in [1.807, 2.05) is 77.6 Å². The van der Waals surface area contributed by atoms with E-state index in [1.165, 1.54) is 0 Å². The first-order valence-corrected chi connectivity index (χ1v) is 9.41. The summed E-state index contributed by atoms with van der Waals surface area (Å²) >= 11 is 1.63. The summed E-state index contributed by atoms with van der Waals surface area (Å²) < 4.78 is 2.96. The highest BCUT2D eigenvalue weighted by Gasteiger charge is 2.19. The molecule has 27 heavy (non-hydrogen) atoms. The number of aromatic hydroxyl groups is 1. The highest BCUT2D eigenvalue weighted by atomic mass is 32.1. The van der Waals surface area contributed by atoms with E-state index in [4.69, 9.17) is 10.1 Å². The van der Waals surface area contributed by atoms with Crippen LogP contribution in [-0.4, -0.2) is 19.9 Å². The fourth-order valence-electron chi connectivity index (χ4n) is 3.10. The molecule has 4 nitrogen and oxygen atoms in total. The maximum Gasteiger partial charge on any atom is 0.128 e. The van der Waals surface area contributed by atoms with E-state index in [0.29, 0.717) is 5.56 Å². The van der Waals surface area contributed by atoms with Crippen molar-refractivity contribution < 1.29 is 5.11 Å².